The molecular weight excluding hydrogens is 446 g/mol. The second-order valence-electron chi connectivity index (χ2n) is 7.11. The fourth-order valence-corrected chi connectivity index (χ4v) is 4.00. The van der Waals surface area contributed by atoms with Crippen LogP contribution in [0.3, 0.4) is 0 Å². The number of halogens is 2. The van der Waals surface area contributed by atoms with Gasteiger partial charge in [0.2, 0.25) is 0 Å². The van der Waals surface area contributed by atoms with Gasteiger partial charge in [-0.05, 0) is 32.5 Å². The van der Waals surface area contributed by atoms with Gasteiger partial charge in [0, 0.05) is 6.61 Å². The van der Waals surface area contributed by atoms with Gasteiger partial charge in [-0.2, -0.15) is 0 Å². The Morgan fingerprint density at radius 2 is 1.80 bits per heavy atom. The molecule has 0 atom stereocenters. The van der Waals surface area contributed by atoms with Crippen LogP contribution in [0.5, 0.6) is 0 Å². The molecule has 0 aromatic heterocycles. The molecule has 1 nitrogen and oxygen atoms in total. The smallest absolute Gasteiger partial charge is 1.00 e. The second kappa shape index (κ2) is 10.3. The Balaban J connectivity index is 0.00000192. The minimum absolute atomic E-state index is 0. The maximum atomic E-state index is 6.05. The van der Waals surface area contributed by atoms with Gasteiger partial charge in [-0.1, -0.05) is 36.3 Å². The molecule has 133 valence electrons. The van der Waals surface area contributed by atoms with E-state index in [1.54, 1.807) is 0 Å². The molecule has 25 heavy (non-hydrogen) atoms. The van der Waals surface area contributed by atoms with Crippen molar-refractivity contribution >= 4 is 24.7 Å². The molecule has 0 unspecified atom stereocenters. The third-order valence-electron chi connectivity index (χ3n) is 4.23. The van der Waals surface area contributed by atoms with Crippen LogP contribution in [0.15, 0.2) is 48.1 Å². The SMILES string of the molecule is Cc1[cH-]c2ccccc2c1C1=C(CCO[Si](C)(C)C)C=CC1.[Cl-].[Cl-].[Zr+3]. The summed E-state index contributed by atoms with van der Waals surface area (Å²) in [5.74, 6) is 0. The third kappa shape index (κ3) is 5.97. The Labute approximate surface area is 184 Å². The standard InChI is InChI=1S/C20H25OSi.2ClH.Zr/c1-15-14-17-8-5-6-10-19(17)20(15)18-11-7-9-16(18)12-13-21-22(2,3)4;;;/h5-10,14H,11-13H2,1-4H3;2*1H;/q-1;;;+3/p-2. The van der Waals surface area contributed by atoms with E-state index in [0.29, 0.717) is 0 Å². The number of hydrogen-bond donors (Lipinski definition) is 0. The van der Waals surface area contributed by atoms with Crippen LogP contribution in [-0.2, 0) is 30.6 Å². The number of fused-ring (bicyclic) bond motifs is 1. The maximum absolute atomic E-state index is 6.05. The number of allylic oxidation sites excluding steroid dienone is 3. The van der Waals surface area contributed by atoms with Crippen LogP contribution in [0.25, 0.3) is 16.3 Å². The molecule has 0 saturated carbocycles. The molecule has 1 radical (unpaired) electrons. The summed E-state index contributed by atoms with van der Waals surface area (Å²) in [5.41, 5.74) is 5.79. The Morgan fingerprint density at radius 1 is 1.12 bits per heavy atom. The first-order chi connectivity index (χ1) is 10.5. The fourth-order valence-electron chi connectivity index (χ4n) is 3.28. The monoisotopic (exact) mass is 469 g/mol. The van der Waals surface area contributed by atoms with E-state index in [2.05, 4.69) is 69.0 Å². The first-order valence-corrected chi connectivity index (χ1v) is 11.5. The van der Waals surface area contributed by atoms with Gasteiger partial charge in [-0.3, -0.25) is 0 Å². The van der Waals surface area contributed by atoms with Crippen LogP contribution in [0.4, 0.5) is 0 Å². The molecule has 2 aromatic carbocycles. The predicted octanol–water partition coefficient (Wildman–Crippen LogP) is -0.172. The molecule has 1 aliphatic rings. The summed E-state index contributed by atoms with van der Waals surface area (Å²) in [4.78, 5) is 0. The summed E-state index contributed by atoms with van der Waals surface area (Å²) in [7, 11) is -1.42. The molecule has 0 amide bonds. The zero-order valence-corrected chi connectivity index (χ0v) is 20.3. The van der Waals surface area contributed by atoms with Crippen molar-refractivity contribution in [1.29, 1.82) is 0 Å². The molecule has 0 spiro atoms. The van der Waals surface area contributed by atoms with E-state index in [4.69, 9.17) is 4.43 Å². The fraction of sp³-hybridized carbons (Fsp3) is 0.350. The van der Waals surface area contributed by atoms with Crippen LogP contribution in [-0.4, -0.2) is 14.9 Å². The zero-order valence-electron chi connectivity index (χ0n) is 15.3. The van der Waals surface area contributed by atoms with Crippen LogP contribution in [0.2, 0.25) is 19.6 Å². The van der Waals surface area contributed by atoms with Gasteiger partial charge >= 0.3 is 26.2 Å². The zero-order chi connectivity index (χ0) is 15.7. The molecule has 1 aliphatic carbocycles. The Kier molecular flexibility index (Phi) is 10.3. The summed E-state index contributed by atoms with van der Waals surface area (Å²) in [6.45, 7) is 9.83. The largest absolute Gasteiger partial charge is 3.00 e. The van der Waals surface area contributed by atoms with Crippen LogP contribution in [0, 0.1) is 6.92 Å². The molecule has 0 saturated heterocycles. The average Bonchev–Trinajstić information content (AvgIpc) is 3.00. The second-order valence-corrected chi connectivity index (χ2v) is 11.6. The van der Waals surface area contributed by atoms with E-state index >= 15 is 0 Å². The van der Waals surface area contributed by atoms with E-state index < -0.39 is 8.32 Å². The van der Waals surface area contributed by atoms with Gasteiger partial charge in [-0.15, -0.1) is 46.2 Å². The number of rotatable bonds is 5. The molecule has 0 heterocycles. The minimum atomic E-state index is -1.42. The molecule has 0 bridgehead atoms. The van der Waals surface area contributed by atoms with Gasteiger partial charge in [0.05, 0.1) is 0 Å². The van der Waals surface area contributed by atoms with Crippen molar-refractivity contribution in [2.24, 2.45) is 0 Å². The topological polar surface area (TPSA) is 9.23 Å². The van der Waals surface area contributed by atoms with Crippen LogP contribution in [0.1, 0.15) is 24.0 Å². The van der Waals surface area contributed by atoms with E-state index in [0.717, 1.165) is 19.4 Å². The minimum Gasteiger partial charge on any atom is -1.00 e. The first kappa shape index (κ1) is 24.9. The van der Waals surface area contributed by atoms with Gasteiger partial charge in [-0.25, -0.2) is 0 Å². The molecule has 2 aromatic rings. The Morgan fingerprint density at radius 3 is 2.48 bits per heavy atom. The number of aryl methyl sites for hydroxylation is 1. The summed E-state index contributed by atoms with van der Waals surface area (Å²) >= 11 is 0. The number of benzene rings is 1. The molecule has 5 heteroatoms. The first-order valence-electron chi connectivity index (χ1n) is 8.13. The predicted molar refractivity (Wildman–Crippen MR) is 98.9 cm³/mol. The van der Waals surface area contributed by atoms with Crippen molar-refractivity contribution in [2.75, 3.05) is 6.61 Å². The van der Waals surface area contributed by atoms with Crippen molar-refractivity contribution in [3.63, 3.8) is 0 Å². The number of hydrogen-bond acceptors (Lipinski definition) is 1. The average molecular weight is 472 g/mol. The molecule has 0 aliphatic heterocycles. The summed E-state index contributed by atoms with van der Waals surface area (Å²) in [6.07, 6.45) is 6.66. The van der Waals surface area contributed by atoms with Gasteiger partial charge in [0.15, 0.2) is 8.32 Å². The Bertz CT molecular complexity index is 757. The Hall–Kier alpha value is -0.0500. The van der Waals surface area contributed by atoms with E-state index in [-0.39, 0.29) is 51.0 Å². The van der Waals surface area contributed by atoms with Crippen molar-refractivity contribution in [3.8, 4) is 0 Å². The van der Waals surface area contributed by atoms with Gasteiger partial charge in [0.1, 0.15) is 0 Å². The summed E-state index contributed by atoms with van der Waals surface area (Å²) in [6, 6.07) is 11.0. The van der Waals surface area contributed by atoms with E-state index in [9.17, 15) is 0 Å². The van der Waals surface area contributed by atoms with Crippen LogP contribution >= 0.6 is 0 Å². The van der Waals surface area contributed by atoms with E-state index in [1.807, 2.05) is 0 Å². The van der Waals surface area contributed by atoms with Crippen molar-refractivity contribution < 1.29 is 55.4 Å². The maximum Gasteiger partial charge on any atom is 3.00 e. The van der Waals surface area contributed by atoms with Crippen LogP contribution < -0.4 is 24.8 Å². The van der Waals surface area contributed by atoms with Crippen molar-refractivity contribution in [3.05, 3.63) is 59.2 Å². The normalized spacial score (nSPS) is 13.4. The van der Waals surface area contributed by atoms with Crippen molar-refractivity contribution in [2.45, 2.75) is 39.4 Å². The molecular formula is C20H25Cl2OSiZr. The molecule has 0 N–H and O–H groups in total. The molecule has 3 rings (SSSR count). The van der Waals surface area contributed by atoms with Crippen molar-refractivity contribution in [1.82, 2.24) is 0 Å². The van der Waals surface area contributed by atoms with Gasteiger partial charge in [0.25, 0.3) is 0 Å². The third-order valence-corrected chi connectivity index (χ3v) is 5.30. The summed E-state index contributed by atoms with van der Waals surface area (Å²) in [5, 5.41) is 2.74. The quantitative estimate of drug-likeness (QED) is 0.435. The van der Waals surface area contributed by atoms with E-state index in [1.165, 1.54) is 33.0 Å². The summed E-state index contributed by atoms with van der Waals surface area (Å²) < 4.78 is 6.05. The molecule has 0 fully saturated rings. The van der Waals surface area contributed by atoms with Gasteiger partial charge < -0.3 is 29.2 Å².